The van der Waals surface area contributed by atoms with Gasteiger partial charge >= 0.3 is 106 Å². The van der Waals surface area contributed by atoms with Crippen LogP contribution in [0.1, 0.15) is 18.1 Å². The first-order valence-electron chi connectivity index (χ1n) is 5.92. The molecule has 1 aromatic carbocycles. The van der Waals surface area contributed by atoms with E-state index in [1.165, 1.54) is 35.0 Å². The van der Waals surface area contributed by atoms with E-state index in [2.05, 4.69) is 24.0 Å². The molecule has 0 aliphatic carbocycles. The average Bonchev–Trinajstić information content (AvgIpc) is 2.49. The van der Waals surface area contributed by atoms with E-state index >= 15 is 0 Å². The molecule has 0 saturated carbocycles. The first kappa shape index (κ1) is 12.0. The van der Waals surface area contributed by atoms with Gasteiger partial charge in [0.15, 0.2) is 0 Å². The van der Waals surface area contributed by atoms with Crippen molar-refractivity contribution in [1.29, 1.82) is 0 Å². The van der Waals surface area contributed by atoms with E-state index in [0.29, 0.717) is 0 Å². The van der Waals surface area contributed by atoms with Crippen molar-refractivity contribution in [3.8, 4) is 5.75 Å². The molecule has 0 spiro atoms. The van der Waals surface area contributed by atoms with Gasteiger partial charge in [-0.1, -0.05) is 0 Å². The molecule has 0 amide bonds. The number of nitrogens with zero attached hydrogens (tertiary/aromatic N) is 1. The molecule has 1 aliphatic rings. The van der Waals surface area contributed by atoms with Crippen molar-refractivity contribution >= 4 is 21.2 Å². The first-order chi connectivity index (χ1) is 7.74. The summed E-state index contributed by atoms with van der Waals surface area (Å²) in [7, 11) is 1.76. The Morgan fingerprint density at radius 2 is 1.88 bits per heavy atom. The van der Waals surface area contributed by atoms with Crippen molar-refractivity contribution < 1.29 is 4.74 Å². The summed E-state index contributed by atoms with van der Waals surface area (Å²) in [5, 5.41) is 0. The Morgan fingerprint density at radius 3 is 2.44 bits per heavy atom. The Kier molecular flexibility index (Phi) is 3.94. The van der Waals surface area contributed by atoms with Gasteiger partial charge in [0, 0.05) is 0 Å². The van der Waals surface area contributed by atoms with Crippen molar-refractivity contribution in [3.05, 3.63) is 23.3 Å². The van der Waals surface area contributed by atoms with Crippen LogP contribution in [0.2, 0.25) is 0 Å². The fourth-order valence-electron chi connectivity index (χ4n) is 2.31. The van der Waals surface area contributed by atoms with Crippen LogP contribution >= 0.6 is 0 Å². The normalized spacial score (nSPS) is 16.7. The SMILES string of the molecule is CCN1CCc2cc([AsH2])c(OC)cc2CC1. The predicted molar refractivity (Wildman–Crippen MR) is 70.7 cm³/mol. The number of likely N-dealkylation sites (N-methyl/N-ethyl adjacent to an activating group) is 1. The number of ether oxygens (including phenoxy) is 1. The molecule has 0 bridgehead atoms. The predicted octanol–water partition coefficient (Wildman–Crippen LogP) is 0.374. The van der Waals surface area contributed by atoms with Gasteiger partial charge in [0.1, 0.15) is 0 Å². The molecule has 1 aliphatic heterocycles. The Hall–Kier alpha value is -0.462. The van der Waals surface area contributed by atoms with E-state index in [0.717, 1.165) is 18.7 Å². The number of methoxy groups -OCH3 is 1. The molecule has 16 heavy (non-hydrogen) atoms. The quantitative estimate of drug-likeness (QED) is 0.727. The molecule has 88 valence electrons. The molecule has 1 unspecified atom stereocenters. The van der Waals surface area contributed by atoms with Gasteiger partial charge < -0.3 is 0 Å². The maximum atomic E-state index is 5.41. The fraction of sp³-hybridized carbons (Fsp3) is 0.538. The molecular formula is C13H20AsNO. The van der Waals surface area contributed by atoms with Gasteiger partial charge in [-0.05, 0) is 0 Å². The summed E-state index contributed by atoms with van der Waals surface area (Å²) >= 11 is 1.65. The van der Waals surface area contributed by atoms with Gasteiger partial charge in [-0.2, -0.15) is 0 Å². The second kappa shape index (κ2) is 5.25. The van der Waals surface area contributed by atoms with Gasteiger partial charge in [-0.3, -0.25) is 0 Å². The molecule has 1 atom stereocenters. The zero-order valence-electron chi connectivity index (χ0n) is 10.1. The van der Waals surface area contributed by atoms with Crippen LogP contribution in [0.3, 0.4) is 0 Å². The summed E-state index contributed by atoms with van der Waals surface area (Å²) < 4.78 is 6.73. The van der Waals surface area contributed by atoms with Crippen molar-refractivity contribution in [1.82, 2.24) is 4.90 Å². The third-order valence-electron chi connectivity index (χ3n) is 3.39. The summed E-state index contributed by atoms with van der Waals surface area (Å²) in [6.07, 6.45) is 2.34. The van der Waals surface area contributed by atoms with Crippen molar-refractivity contribution in [2.45, 2.75) is 19.8 Å². The Balaban J connectivity index is 2.28. The van der Waals surface area contributed by atoms with Crippen molar-refractivity contribution in [2.75, 3.05) is 26.7 Å². The minimum absolute atomic E-state index is 1.06. The van der Waals surface area contributed by atoms with Gasteiger partial charge in [0.25, 0.3) is 0 Å². The van der Waals surface area contributed by atoms with Crippen LogP contribution in [0.4, 0.5) is 0 Å². The molecule has 2 nitrogen and oxygen atoms in total. The van der Waals surface area contributed by atoms with Crippen LogP contribution in [-0.2, 0) is 12.8 Å². The molecule has 3 heteroatoms. The molecule has 0 aromatic heterocycles. The number of fused-ring (bicyclic) bond motifs is 1. The number of benzene rings is 1. The van der Waals surface area contributed by atoms with E-state index in [1.54, 1.807) is 24.0 Å². The first-order valence-corrected chi connectivity index (χ1v) is 7.13. The Morgan fingerprint density at radius 1 is 1.25 bits per heavy atom. The van der Waals surface area contributed by atoms with Crippen molar-refractivity contribution in [3.63, 3.8) is 0 Å². The standard InChI is InChI=1S/C13H20AsNO/c1-3-15-6-4-10-8-12(14)13(16-2)9-11(10)5-7-15/h8-9H,3-7,14H2,1-2H3. The van der Waals surface area contributed by atoms with Gasteiger partial charge in [0.05, 0.1) is 0 Å². The summed E-state index contributed by atoms with van der Waals surface area (Å²) in [6.45, 7) is 5.78. The topological polar surface area (TPSA) is 12.5 Å². The third-order valence-corrected chi connectivity index (χ3v) is 4.34. The molecular weight excluding hydrogens is 261 g/mol. The fourth-order valence-corrected chi connectivity index (χ4v) is 3.16. The second-order valence-corrected chi connectivity index (χ2v) is 5.60. The van der Waals surface area contributed by atoms with Gasteiger partial charge in [0.2, 0.25) is 0 Å². The van der Waals surface area contributed by atoms with E-state index in [4.69, 9.17) is 4.74 Å². The third kappa shape index (κ3) is 2.44. The molecule has 0 radical (unpaired) electrons. The van der Waals surface area contributed by atoms with E-state index < -0.39 is 0 Å². The van der Waals surface area contributed by atoms with Gasteiger partial charge in [-0.25, -0.2) is 0 Å². The van der Waals surface area contributed by atoms with Crippen LogP contribution in [0.15, 0.2) is 12.1 Å². The van der Waals surface area contributed by atoms with Crippen molar-refractivity contribution in [2.24, 2.45) is 0 Å². The summed E-state index contributed by atoms with van der Waals surface area (Å²) in [5.74, 6) is 1.06. The Bertz CT molecular complexity index is 378. The summed E-state index contributed by atoms with van der Waals surface area (Å²) in [4.78, 5) is 2.52. The van der Waals surface area contributed by atoms with Crippen LogP contribution in [0.25, 0.3) is 0 Å². The molecule has 0 fully saturated rings. The van der Waals surface area contributed by atoms with Crippen LogP contribution in [0, 0.1) is 0 Å². The number of hydrogen-bond donors (Lipinski definition) is 0. The average molecular weight is 281 g/mol. The number of hydrogen-bond acceptors (Lipinski definition) is 2. The van der Waals surface area contributed by atoms with Crippen LogP contribution in [0.5, 0.6) is 5.75 Å². The Labute approximate surface area is 106 Å². The zero-order chi connectivity index (χ0) is 11.5. The summed E-state index contributed by atoms with van der Waals surface area (Å²) in [6, 6.07) is 4.57. The second-order valence-electron chi connectivity index (χ2n) is 4.30. The maximum absolute atomic E-state index is 5.41. The molecule has 1 heterocycles. The van der Waals surface area contributed by atoms with E-state index in [9.17, 15) is 0 Å². The van der Waals surface area contributed by atoms with Gasteiger partial charge in [-0.15, -0.1) is 0 Å². The molecule has 0 saturated heterocycles. The number of rotatable bonds is 2. The van der Waals surface area contributed by atoms with E-state index in [-0.39, 0.29) is 0 Å². The molecule has 0 N–H and O–H groups in total. The van der Waals surface area contributed by atoms with Crippen LogP contribution in [-0.4, -0.2) is 48.5 Å². The van der Waals surface area contributed by atoms with E-state index in [1.807, 2.05) is 0 Å². The monoisotopic (exact) mass is 281 g/mol. The minimum atomic E-state index is 1.06. The van der Waals surface area contributed by atoms with Crippen LogP contribution < -0.4 is 9.09 Å². The molecule has 1 aromatic rings. The summed E-state index contributed by atoms with van der Waals surface area (Å²) in [5.41, 5.74) is 3.00. The molecule has 2 rings (SSSR count). The zero-order valence-corrected chi connectivity index (χ0v) is 12.5.